The standard InChI is InChI=1S/C21H16N4O2S2/c1-12-19(26)23-16-10-14(4-7-18(16)29-12)20(27)22-15-5-2-13(3-6-15)17-11-25-8-9-28-21(25)24-17/h2-12H,1H3,(H,22,27)(H,23,26). The fourth-order valence-electron chi connectivity index (χ4n) is 3.14. The summed E-state index contributed by atoms with van der Waals surface area (Å²) in [5.41, 5.74) is 3.76. The van der Waals surface area contributed by atoms with Gasteiger partial charge in [-0.05, 0) is 37.3 Å². The summed E-state index contributed by atoms with van der Waals surface area (Å²) in [5, 5.41) is 7.62. The van der Waals surface area contributed by atoms with Crippen molar-refractivity contribution in [3.8, 4) is 11.3 Å². The Morgan fingerprint density at radius 1 is 1.21 bits per heavy atom. The number of carbonyl (C=O) groups is 2. The number of imidazole rings is 1. The van der Waals surface area contributed by atoms with Crippen molar-refractivity contribution in [3.63, 3.8) is 0 Å². The van der Waals surface area contributed by atoms with Crippen LogP contribution >= 0.6 is 23.1 Å². The third-order valence-corrected chi connectivity index (χ3v) is 6.65. The summed E-state index contributed by atoms with van der Waals surface area (Å²) in [6.45, 7) is 1.86. The minimum absolute atomic E-state index is 0.0465. The van der Waals surface area contributed by atoms with Crippen LogP contribution in [0.3, 0.4) is 0 Å². The normalized spacial score (nSPS) is 15.8. The molecule has 8 heteroatoms. The maximum atomic E-state index is 12.6. The number of aromatic nitrogens is 2. The van der Waals surface area contributed by atoms with Crippen LogP contribution in [0.2, 0.25) is 0 Å². The van der Waals surface area contributed by atoms with Gasteiger partial charge in [0.05, 0.1) is 16.6 Å². The number of benzene rings is 2. The Balaban J connectivity index is 1.32. The Hall–Kier alpha value is -3.10. The number of carbonyl (C=O) groups excluding carboxylic acids is 2. The van der Waals surface area contributed by atoms with E-state index in [2.05, 4.69) is 15.6 Å². The summed E-state index contributed by atoms with van der Waals surface area (Å²) in [5.74, 6) is -0.268. The van der Waals surface area contributed by atoms with Crippen molar-refractivity contribution in [2.24, 2.45) is 0 Å². The maximum Gasteiger partial charge on any atom is 0.255 e. The first kappa shape index (κ1) is 18.0. The molecule has 0 saturated carbocycles. The van der Waals surface area contributed by atoms with Crippen molar-refractivity contribution < 1.29 is 9.59 Å². The molecule has 6 nitrogen and oxygen atoms in total. The Morgan fingerprint density at radius 2 is 2.03 bits per heavy atom. The highest BCUT2D eigenvalue weighted by Gasteiger charge is 2.23. The van der Waals surface area contributed by atoms with Crippen LogP contribution in [0.4, 0.5) is 11.4 Å². The van der Waals surface area contributed by atoms with Crippen LogP contribution in [-0.4, -0.2) is 26.4 Å². The van der Waals surface area contributed by atoms with Gasteiger partial charge in [0.25, 0.3) is 5.91 Å². The van der Waals surface area contributed by atoms with E-state index in [1.54, 1.807) is 23.5 Å². The van der Waals surface area contributed by atoms with Crippen molar-refractivity contribution in [2.45, 2.75) is 17.1 Å². The smallest absolute Gasteiger partial charge is 0.255 e. The van der Waals surface area contributed by atoms with E-state index < -0.39 is 0 Å². The molecule has 4 aromatic rings. The topological polar surface area (TPSA) is 75.5 Å². The van der Waals surface area contributed by atoms with Gasteiger partial charge in [0.2, 0.25) is 5.91 Å². The van der Waals surface area contributed by atoms with E-state index in [1.807, 2.05) is 59.4 Å². The molecule has 0 radical (unpaired) electrons. The van der Waals surface area contributed by atoms with Crippen LogP contribution < -0.4 is 10.6 Å². The molecular weight excluding hydrogens is 404 g/mol. The van der Waals surface area contributed by atoms with Gasteiger partial charge in [0.1, 0.15) is 0 Å². The predicted octanol–water partition coefficient (Wildman–Crippen LogP) is 4.75. The van der Waals surface area contributed by atoms with Crippen LogP contribution in [0, 0.1) is 0 Å². The van der Waals surface area contributed by atoms with Gasteiger partial charge in [-0.1, -0.05) is 12.1 Å². The second-order valence-electron chi connectivity index (χ2n) is 6.71. The van der Waals surface area contributed by atoms with Crippen molar-refractivity contribution >= 4 is 51.2 Å². The van der Waals surface area contributed by atoms with Crippen molar-refractivity contribution in [1.82, 2.24) is 9.38 Å². The molecule has 2 amide bonds. The van der Waals surface area contributed by atoms with Gasteiger partial charge < -0.3 is 10.6 Å². The first-order chi connectivity index (χ1) is 14.1. The Kier molecular flexibility index (Phi) is 4.37. The van der Waals surface area contributed by atoms with Crippen molar-refractivity contribution in [3.05, 3.63) is 65.8 Å². The number of thiazole rings is 1. The largest absolute Gasteiger partial charge is 0.324 e. The Morgan fingerprint density at radius 3 is 2.83 bits per heavy atom. The molecular formula is C21H16N4O2S2. The lowest BCUT2D eigenvalue weighted by Gasteiger charge is -2.21. The third-order valence-electron chi connectivity index (χ3n) is 4.70. The van der Waals surface area contributed by atoms with E-state index in [0.29, 0.717) is 16.9 Å². The second kappa shape index (κ2) is 7.06. The molecule has 144 valence electrons. The minimum Gasteiger partial charge on any atom is -0.324 e. The first-order valence-electron chi connectivity index (χ1n) is 9.02. The molecule has 2 aromatic carbocycles. The number of rotatable bonds is 3. The molecule has 0 fully saturated rings. The zero-order chi connectivity index (χ0) is 20.0. The SMILES string of the molecule is CC1Sc2ccc(C(=O)Nc3ccc(-c4cn5ccsc5n4)cc3)cc2NC1=O. The van der Waals surface area contributed by atoms with Gasteiger partial charge in [-0.3, -0.25) is 14.0 Å². The Bertz CT molecular complexity index is 1210. The molecule has 1 atom stereocenters. The number of fused-ring (bicyclic) bond motifs is 2. The molecule has 0 aliphatic carbocycles. The predicted molar refractivity (Wildman–Crippen MR) is 117 cm³/mol. The molecule has 5 rings (SSSR count). The minimum atomic E-state index is -0.221. The maximum absolute atomic E-state index is 12.6. The second-order valence-corrected chi connectivity index (χ2v) is 8.97. The number of anilines is 2. The lowest BCUT2D eigenvalue weighted by Crippen LogP contribution is -2.26. The number of nitrogens with one attached hydrogen (secondary N) is 2. The summed E-state index contributed by atoms with van der Waals surface area (Å²) in [6.07, 6.45) is 3.96. The summed E-state index contributed by atoms with van der Waals surface area (Å²) in [4.78, 5) is 31.0. The van der Waals surface area contributed by atoms with E-state index in [-0.39, 0.29) is 17.1 Å². The highest BCUT2D eigenvalue weighted by molar-refractivity contribution is 8.00. The van der Waals surface area contributed by atoms with E-state index in [4.69, 9.17) is 0 Å². The molecule has 0 bridgehead atoms. The lowest BCUT2D eigenvalue weighted by atomic mass is 10.1. The number of hydrogen-bond donors (Lipinski definition) is 2. The highest BCUT2D eigenvalue weighted by Crippen LogP contribution is 2.36. The fraction of sp³-hybridized carbons (Fsp3) is 0.0952. The fourth-order valence-corrected chi connectivity index (χ4v) is 4.77. The monoisotopic (exact) mass is 420 g/mol. The molecule has 29 heavy (non-hydrogen) atoms. The van der Waals surface area contributed by atoms with Crippen molar-refractivity contribution in [2.75, 3.05) is 10.6 Å². The Labute approximate surface area is 175 Å². The average molecular weight is 421 g/mol. The van der Waals surface area contributed by atoms with Gasteiger partial charge >= 0.3 is 0 Å². The van der Waals surface area contributed by atoms with Gasteiger partial charge in [0.15, 0.2) is 4.96 Å². The summed E-state index contributed by atoms with van der Waals surface area (Å²) >= 11 is 3.08. The van der Waals surface area contributed by atoms with E-state index >= 15 is 0 Å². The zero-order valence-corrected chi connectivity index (χ0v) is 17.0. The van der Waals surface area contributed by atoms with Crippen LogP contribution in [0.1, 0.15) is 17.3 Å². The van der Waals surface area contributed by atoms with Crippen LogP contribution in [0.25, 0.3) is 16.2 Å². The molecule has 1 unspecified atom stereocenters. The van der Waals surface area contributed by atoms with Gasteiger partial charge in [-0.25, -0.2) is 4.98 Å². The van der Waals surface area contributed by atoms with Gasteiger partial charge in [0, 0.05) is 39.5 Å². The van der Waals surface area contributed by atoms with Gasteiger partial charge in [-0.15, -0.1) is 23.1 Å². The third kappa shape index (κ3) is 3.41. The molecule has 1 aliphatic rings. The quantitative estimate of drug-likeness (QED) is 0.502. The number of thioether (sulfide) groups is 1. The molecule has 0 saturated heterocycles. The molecule has 0 spiro atoms. The molecule has 3 heterocycles. The summed E-state index contributed by atoms with van der Waals surface area (Å²) in [6, 6.07) is 13.0. The highest BCUT2D eigenvalue weighted by atomic mass is 32.2. The molecule has 2 N–H and O–H groups in total. The number of hydrogen-bond acceptors (Lipinski definition) is 5. The van der Waals surface area contributed by atoms with Gasteiger partial charge in [-0.2, -0.15) is 0 Å². The van der Waals surface area contributed by atoms with E-state index in [0.717, 1.165) is 21.1 Å². The number of amides is 2. The lowest BCUT2D eigenvalue weighted by molar-refractivity contribution is -0.115. The van der Waals surface area contributed by atoms with E-state index in [9.17, 15) is 9.59 Å². The summed E-state index contributed by atoms with van der Waals surface area (Å²) < 4.78 is 1.99. The van der Waals surface area contributed by atoms with Crippen LogP contribution in [-0.2, 0) is 4.79 Å². The summed E-state index contributed by atoms with van der Waals surface area (Å²) in [7, 11) is 0. The van der Waals surface area contributed by atoms with E-state index in [1.165, 1.54) is 11.8 Å². The number of nitrogens with zero attached hydrogens (tertiary/aromatic N) is 2. The van der Waals surface area contributed by atoms with Crippen molar-refractivity contribution in [1.29, 1.82) is 0 Å². The zero-order valence-electron chi connectivity index (χ0n) is 15.4. The first-order valence-corrected chi connectivity index (χ1v) is 10.8. The molecule has 2 aromatic heterocycles. The molecule has 1 aliphatic heterocycles. The van der Waals surface area contributed by atoms with Crippen LogP contribution in [0.15, 0.2) is 65.1 Å². The average Bonchev–Trinajstić information content (AvgIpc) is 3.31. The van der Waals surface area contributed by atoms with Crippen LogP contribution in [0.5, 0.6) is 0 Å².